The molecular formula is C14H24Cl2N4O2S. The van der Waals surface area contributed by atoms with E-state index in [4.69, 9.17) is 5.73 Å². The summed E-state index contributed by atoms with van der Waals surface area (Å²) in [6.45, 7) is 4.95. The molecule has 0 aliphatic carbocycles. The SMILES string of the molecule is CC(C)C(=O)Nc1nc(CC(=O)N2CCCC2CN)cs1.Cl.Cl. The van der Waals surface area contributed by atoms with Crippen LogP contribution in [0.4, 0.5) is 5.13 Å². The molecule has 0 spiro atoms. The van der Waals surface area contributed by atoms with Crippen molar-refractivity contribution in [2.45, 2.75) is 39.2 Å². The van der Waals surface area contributed by atoms with Crippen LogP contribution in [0.2, 0.25) is 0 Å². The smallest absolute Gasteiger partial charge is 0.228 e. The maximum atomic E-state index is 12.3. The maximum Gasteiger partial charge on any atom is 0.228 e. The third kappa shape index (κ3) is 5.91. The average molecular weight is 383 g/mol. The lowest BCUT2D eigenvalue weighted by atomic mass is 10.2. The van der Waals surface area contributed by atoms with Gasteiger partial charge in [-0.15, -0.1) is 36.2 Å². The van der Waals surface area contributed by atoms with Gasteiger partial charge in [0.05, 0.1) is 12.1 Å². The minimum Gasteiger partial charge on any atom is -0.338 e. The Hall–Kier alpha value is -0.890. The molecule has 0 bridgehead atoms. The zero-order chi connectivity index (χ0) is 15.4. The second-order valence-corrected chi connectivity index (χ2v) is 6.44. The van der Waals surface area contributed by atoms with E-state index >= 15 is 0 Å². The van der Waals surface area contributed by atoms with Gasteiger partial charge in [-0.2, -0.15) is 0 Å². The molecule has 2 amide bonds. The highest BCUT2D eigenvalue weighted by Gasteiger charge is 2.27. The van der Waals surface area contributed by atoms with E-state index in [0.717, 1.165) is 19.4 Å². The van der Waals surface area contributed by atoms with Gasteiger partial charge in [-0.05, 0) is 12.8 Å². The minimum absolute atomic E-state index is 0. The van der Waals surface area contributed by atoms with Crippen LogP contribution in [0.15, 0.2) is 5.38 Å². The summed E-state index contributed by atoms with van der Waals surface area (Å²) >= 11 is 1.35. The van der Waals surface area contributed by atoms with Gasteiger partial charge in [-0.1, -0.05) is 13.8 Å². The fourth-order valence-corrected chi connectivity index (χ4v) is 3.07. The first-order valence-corrected chi connectivity index (χ1v) is 8.14. The first-order valence-electron chi connectivity index (χ1n) is 7.26. The summed E-state index contributed by atoms with van der Waals surface area (Å²) in [6.07, 6.45) is 2.26. The molecule has 0 saturated carbocycles. The Kier molecular flexibility index (Phi) is 9.68. The predicted octanol–water partition coefficient (Wildman–Crippen LogP) is 2.07. The monoisotopic (exact) mass is 382 g/mol. The van der Waals surface area contributed by atoms with E-state index in [0.29, 0.717) is 17.4 Å². The molecule has 1 aliphatic heterocycles. The number of rotatable bonds is 5. The lowest BCUT2D eigenvalue weighted by Gasteiger charge is -2.23. The summed E-state index contributed by atoms with van der Waals surface area (Å²) in [5.74, 6) is -0.0890. The number of nitrogens with zero attached hydrogens (tertiary/aromatic N) is 2. The van der Waals surface area contributed by atoms with Gasteiger partial charge in [0.1, 0.15) is 0 Å². The number of carbonyl (C=O) groups is 2. The molecule has 2 rings (SSSR count). The number of halogens is 2. The minimum atomic E-state index is -0.0890. The van der Waals surface area contributed by atoms with Crippen LogP contribution in [0.3, 0.4) is 0 Å². The van der Waals surface area contributed by atoms with Crippen LogP contribution in [0.25, 0.3) is 0 Å². The van der Waals surface area contributed by atoms with E-state index in [9.17, 15) is 9.59 Å². The number of amides is 2. The van der Waals surface area contributed by atoms with Crippen LogP contribution < -0.4 is 11.1 Å². The third-order valence-electron chi connectivity index (χ3n) is 3.61. The molecule has 23 heavy (non-hydrogen) atoms. The van der Waals surface area contributed by atoms with Crippen LogP contribution in [-0.2, 0) is 16.0 Å². The molecule has 1 unspecified atom stereocenters. The highest BCUT2D eigenvalue weighted by atomic mass is 35.5. The number of aromatic nitrogens is 1. The standard InChI is InChI=1S/C14H22N4O2S.2ClH/c1-9(2)13(20)17-14-16-10(8-21-14)6-12(19)18-5-3-4-11(18)7-15;;/h8-9,11H,3-7,15H2,1-2H3,(H,16,17,20);2*1H. The summed E-state index contributed by atoms with van der Waals surface area (Å²) in [5, 5.41) is 5.12. The molecule has 3 N–H and O–H groups in total. The fraction of sp³-hybridized carbons (Fsp3) is 0.643. The Balaban J connectivity index is 0.00000242. The van der Waals surface area contributed by atoms with Crippen molar-refractivity contribution in [1.29, 1.82) is 0 Å². The summed E-state index contributed by atoms with van der Waals surface area (Å²) in [5.41, 5.74) is 6.39. The van der Waals surface area contributed by atoms with Crippen LogP contribution in [0, 0.1) is 5.92 Å². The van der Waals surface area contributed by atoms with Gasteiger partial charge in [0, 0.05) is 30.4 Å². The lowest BCUT2D eigenvalue weighted by molar-refractivity contribution is -0.131. The second-order valence-electron chi connectivity index (χ2n) is 5.58. The van der Waals surface area contributed by atoms with Crippen LogP contribution in [-0.4, -0.2) is 40.8 Å². The number of carbonyl (C=O) groups excluding carboxylic acids is 2. The molecule has 0 aromatic carbocycles. The van der Waals surface area contributed by atoms with E-state index < -0.39 is 0 Å². The van der Waals surface area contributed by atoms with Crippen molar-refractivity contribution in [3.05, 3.63) is 11.1 Å². The molecular weight excluding hydrogens is 359 g/mol. The molecule has 9 heteroatoms. The Morgan fingerprint density at radius 1 is 1.48 bits per heavy atom. The molecule has 1 aromatic rings. The summed E-state index contributed by atoms with van der Waals surface area (Å²) in [4.78, 5) is 30.0. The second kappa shape index (κ2) is 10.1. The largest absolute Gasteiger partial charge is 0.338 e. The Morgan fingerprint density at radius 3 is 2.78 bits per heavy atom. The van der Waals surface area contributed by atoms with Gasteiger partial charge in [0.25, 0.3) is 0 Å². The van der Waals surface area contributed by atoms with E-state index in [2.05, 4.69) is 10.3 Å². The van der Waals surface area contributed by atoms with Gasteiger partial charge in [0.2, 0.25) is 11.8 Å². The van der Waals surface area contributed by atoms with Crippen molar-refractivity contribution in [2.24, 2.45) is 11.7 Å². The number of hydrogen-bond donors (Lipinski definition) is 2. The van der Waals surface area contributed by atoms with Gasteiger partial charge < -0.3 is 16.0 Å². The van der Waals surface area contributed by atoms with Crippen LogP contribution in [0.1, 0.15) is 32.4 Å². The Morgan fingerprint density at radius 2 is 2.17 bits per heavy atom. The normalized spacial score (nSPS) is 16.7. The van der Waals surface area contributed by atoms with E-state index in [1.54, 1.807) is 0 Å². The van der Waals surface area contributed by atoms with Gasteiger partial charge >= 0.3 is 0 Å². The number of anilines is 1. The first kappa shape index (κ1) is 22.1. The number of nitrogens with one attached hydrogen (secondary N) is 1. The summed E-state index contributed by atoms with van der Waals surface area (Å²) in [7, 11) is 0. The number of thiazole rings is 1. The third-order valence-corrected chi connectivity index (χ3v) is 4.41. The van der Waals surface area contributed by atoms with E-state index in [1.165, 1.54) is 11.3 Å². The predicted molar refractivity (Wildman–Crippen MR) is 97.6 cm³/mol. The molecule has 1 aliphatic rings. The zero-order valence-electron chi connectivity index (χ0n) is 13.3. The highest BCUT2D eigenvalue weighted by Crippen LogP contribution is 2.20. The van der Waals surface area contributed by atoms with E-state index in [-0.39, 0.29) is 55.0 Å². The molecule has 1 saturated heterocycles. The lowest BCUT2D eigenvalue weighted by Crippen LogP contribution is -2.40. The van der Waals surface area contributed by atoms with Gasteiger partial charge in [-0.3, -0.25) is 9.59 Å². The molecule has 6 nitrogen and oxygen atoms in total. The van der Waals surface area contributed by atoms with Gasteiger partial charge in [0.15, 0.2) is 5.13 Å². The number of nitrogens with two attached hydrogens (primary N) is 1. The van der Waals surface area contributed by atoms with E-state index in [1.807, 2.05) is 24.1 Å². The van der Waals surface area contributed by atoms with Crippen molar-refractivity contribution >= 4 is 53.1 Å². The van der Waals surface area contributed by atoms with Crippen LogP contribution in [0.5, 0.6) is 0 Å². The topological polar surface area (TPSA) is 88.3 Å². The van der Waals surface area contributed by atoms with Crippen molar-refractivity contribution in [2.75, 3.05) is 18.4 Å². The van der Waals surface area contributed by atoms with Crippen molar-refractivity contribution in [3.63, 3.8) is 0 Å². The first-order chi connectivity index (χ1) is 10.0. The van der Waals surface area contributed by atoms with Crippen LogP contribution >= 0.6 is 36.2 Å². The Labute approximate surface area is 153 Å². The van der Waals surface area contributed by atoms with Crippen molar-refractivity contribution in [1.82, 2.24) is 9.88 Å². The summed E-state index contributed by atoms with van der Waals surface area (Å²) in [6, 6.07) is 0.163. The molecule has 0 radical (unpaired) electrons. The molecule has 1 aromatic heterocycles. The highest BCUT2D eigenvalue weighted by molar-refractivity contribution is 7.13. The molecule has 1 atom stereocenters. The average Bonchev–Trinajstić information content (AvgIpc) is 3.07. The van der Waals surface area contributed by atoms with Gasteiger partial charge in [-0.25, -0.2) is 4.98 Å². The summed E-state index contributed by atoms with van der Waals surface area (Å²) < 4.78 is 0. The quantitative estimate of drug-likeness (QED) is 0.815. The number of hydrogen-bond acceptors (Lipinski definition) is 5. The van der Waals surface area contributed by atoms with Crippen molar-refractivity contribution in [3.8, 4) is 0 Å². The molecule has 1 fully saturated rings. The fourth-order valence-electron chi connectivity index (χ4n) is 2.36. The molecule has 2 heterocycles. The number of likely N-dealkylation sites (tertiary alicyclic amines) is 1. The molecule has 132 valence electrons. The maximum absolute atomic E-state index is 12.3. The Bertz CT molecular complexity index is 525. The zero-order valence-corrected chi connectivity index (χ0v) is 15.7. The van der Waals surface area contributed by atoms with Crippen molar-refractivity contribution < 1.29 is 9.59 Å².